The lowest BCUT2D eigenvalue weighted by Crippen LogP contribution is -2.21. The van der Waals surface area contributed by atoms with Crippen LogP contribution in [0.1, 0.15) is 43.6 Å². The van der Waals surface area contributed by atoms with Crippen molar-refractivity contribution in [3.8, 4) is 0 Å². The minimum atomic E-state index is -0.143. The van der Waals surface area contributed by atoms with Gasteiger partial charge in [0.2, 0.25) is 5.91 Å². The summed E-state index contributed by atoms with van der Waals surface area (Å²) in [5, 5.41) is 2.76. The monoisotopic (exact) mass is 232 g/mol. The third-order valence-electron chi connectivity index (χ3n) is 3.46. The molecule has 1 aromatic carbocycles. The highest BCUT2D eigenvalue weighted by atomic mass is 16.1. The van der Waals surface area contributed by atoms with E-state index in [0.29, 0.717) is 5.92 Å². The second-order valence-corrected chi connectivity index (χ2v) is 4.71. The molecule has 0 atom stereocenters. The second-order valence-electron chi connectivity index (χ2n) is 4.71. The number of benzene rings is 1. The Balaban J connectivity index is 1.99. The number of nitrogens with two attached hydrogens (primary N) is 1. The summed E-state index contributed by atoms with van der Waals surface area (Å²) in [5.74, 6) is 0.568. The van der Waals surface area contributed by atoms with Crippen molar-refractivity contribution in [1.29, 1.82) is 0 Å². The quantitative estimate of drug-likeness (QED) is 0.841. The molecule has 0 radical (unpaired) electrons. The number of carbonyl (C=O) groups is 1. The highest BCUT2D eigenvalue weighted by Crippen LogP contribution is 2.32. The first-order chi connectivity index (χ1) is 8.29. The SMILES string of the molecule is NCC(=O)Nc1ccc(C2CCCCC2)cc1. The molecule has 1 aliphatic rings. The highest BCUT2D eigenvalue weighted by Gasteiger charge is 2.15. The zero-order chi connectivity index (χ0) is 12.1. The molecule has 1 aliphatic carbocycles. The first kappa shape index (κ1) is 12.1. The van der Waals surface area contributed by atoms with Gasteiger partial charge >= 0.3 is 0 Å². The predicted molar refractivity (Wildman–Crippen MR) is 70.0 cm³/mol. The maximum Gasteiger partial charge on any atom is 0.238 e. The van der Waals surface area contributed by atoms with Crippen LogP contribution in [0.5, 0.6) is 0 Å². The Morgan fingerprint density at radius 3 is 2.41 bits per heavy atom. The Labute approximate surface area is 102 Å². The van der Waals surface area contributed by atoms with Gasteiger partial charge in [0.05, 0.1) is 6.54 Å². The van der Waals surface area contributed by atoms with Crippen molar-refractivity contribution >= 4 is 11.6 Å². The molecular weight excluding hydrogens is 212 g/mol. The predicted octanol–water partition coefficient (Wildman–Crippen LogP) is 2.63. The molecule has 0 heterocycles. The molecule has 1 aromatic rings. The van der Waals surface area contributed by atoms with Gasteiger partial charge < -0.3 is 11.1 Å². The summed E-state index contributed by atoms with van der Waals surface area (Å²) in [5.41, 5.74) is 7.49. The fourth-order valence-corrected chi connectivity index (χ4v) is 2.49. The number of nitrogens with one attached hydrogen (secondary N) is 1. The van der Waals surface area contributed by atoms with Crippen LogP contribution in [0.15, 0.2) is 24.3 Å². The Hall–Kier alpha value is -1.35. The van der Waals surface area contributed by atoms with Crippen LogP contribution in [-0.2, 0) is 4.79 Å². The van der Waals surface area contributed by atoms with E-state index in [1.165, 1.54) is 37.7 Å². The van der Waals surface area contributed by atoms with Crippen LogP contribution in [0.4, 0.5) is 5.69 Å². The van der Waals surface area contributed by atoms with E-state index in [1.807, 2.05) is 12.1 Å². The van der Waals surface area contributed by atoms with Crippen LogP contribution < -0.4 is 11.1 Å². The van der Waals surface area contributed by atoms with Crippen molar-refractivity contribution in [1.82, 2.24) is 0 Å². The molecule has 1 saturated carbocycles. The van der Waals surface area contributed by atoms with Crippen LogP contribution in [0.2, 0.25) is 0 Å². The standard InChI is InChI=1S/C14H20N2O/c15-10-14(17)16-13-8-6-12(7-9-13)11-4-2-1-3-5-11/h6-9,11H,1-5,10,15H2,(H,16,17). The van der Waals surface area contributed by atoms with Gasteiger partial charge in [-0.1, -0.05) is 31.4 Å². The molecule has 3 heteroatoms. The lowest BCUT2D eigenvalue weighted by Gasteiger charge is -2.22. The molecule has 0 spiro atoms. The Kier molecular flexibility index (Phi) is 4.15. The molecule has 3 nitrogen and oxygen atoms in total. The maximum absolute atomic E-state index is 11.1. The van der Waals surface area contributed by atoms with E-state index in [9.17, 15) is 4.79 Å². The van der Waals surface area contributed by atoms with Gasteiger partial charge in [-0.15, -0.1) is 0 Å². The van der Waals surface area contributed by atoms with E-state index in [0.717, 1.165) is 5.69 Å². The molecule has 3 N–H and O–H groups in total. The molecule has 0 bridgehead atoms. The van der Waals surface area contributed by atoms with Crippen molar-refractivity contribution in [3.05, 3.63) is 29.8 Å². The summed E-state index contributed by atoms with van der Waals surface area (Å²) in [6.45, 7) is 0.0321. The Morgan fingerprint density at radius 2 is 1.82 bits per heavy atom. The molecule has 2 rings (SSSR count). The van der Waals surface area contributed by atoms with Crippen LogP contribution in [0, 0.1) is 0 Å². The fourth-order valence-electron chi connectivity index (χ4n) is 2.49. The normalized spacial score (nSPS) is 16.8. The van der Waals surface area contributed by atoms with E-state index in [4.69, 9.17) is 5.73 Å². The largest absolute Gasteiger partial charge is 0.325 e. The van der Waals surface area contributed by atoms with E-state index in [2.05, 4.69) is 17.4 Å². The Morgan fingerprint density at radius 1 is 1.18 bits per heavy atom. The van der Waals surface area contributed by atoms with Crippen molar-refractivity contribution in [2.45, 2.75) is 38.0 Å². The minimum absolute atomic E-state index is 0.0321. The van der Waals surface area contributed by atoms with Gasteiger partial charge in [-0.3, -0.25) is 4.79 Å². The molecule has 0 saturated heterocycles. The van der Waals surface area contributed by atoms with Crippen LogP contribution >= 0.6 is 0 Å². The number of carbonyl (C=O) groups excluding carboxylic acids is 1. The van der Waals surface area contributed by atoms with Gasteiger partial charge in [-0.2, -0.15) is 0 Å². The van der Waals surface area contributed by atoms with Gasteiger partial charge in [-0.25, -0.2) is 0 Å². The van der Waals surface area contributed by atoms with Gasteiger partial charge in [0, 0.05) is 5.69 Å². The zero-order valence-electron chi connectivity index (χ0n) is 10.1. The topological polar surface area (TPSA) is 55.1 Å². The first-order valence-corrected chi connectivity index (χ1v) is 6.39. The number of hydrogen-bond donors (Lipinski definition) is 2. The molecule has 92 valence electrons. The summed E-state index contributed by atoms with van der Waals surface area (Å²) in [6.07, 6.45) is 6.66. The maximum atomic E-state index is 11.1. The number of anilines is 1. The van der Waals surface area contributed by atoms with Crippen molar-refractivity contribution in [3.63, 3.8) is 0 Å². The van der Waals surface area contributed by atoms with Crippen molar-refractivity contribution in [2.75, 3.05) is 11.9 Å². The molecular formula is C14H20N2O. The summed E-state index contributed by atoms with van der Waals surface area (Å²) in [7, 11) is 0. The number of hydrogen-bond acceptors (Lipinski definition) is 2. The van der Waals surface area contributed by atoms with Gasteiger partial charge in [0.1, 0.15) is 0 Å². The fraction of sp³-hybridized carbons (Fsp3) is 0.500. The van der Waals surface area contributed by atoms with Gasteiger partial charge in [-0.05, 0) is 36.5 Å². The lowest BCUT2D eigenvalue weighted by molar-refractivity contribution is -0.114. The Bertz CT molecular complexity index is 366. The van der Waals surface area contributed by atoms with Crippen LogP contribution in [-0.4, -0.2) is 12.5 Å². The lowest BCUT2D eigenvalue weighted by atomic mass is 9.84. The van der Waals surface area contributed by atoms with Crippen molar-refractivity contribution in [2.24, 2.45) is 5.73 Å². The zero-order valence-corrected chi connectivity index (χ0v) is 10.1. The van der Waals surface area contributed by atoms with E-state index < -0.39 is 0 Å². The number of rotatable bonds is 3. The number of amides is 1. The van der Waals surface area contributed by atoms with Gasteiger partial charge in [0.25, 0.3) is 0 Å². The minimum Gasteiger partial charge on any atom is -0.325 e. The van der Waals surface area contributed by atoms with E-state index >= 15 is 0 Å². The third-order valence-corrected chi connectivity index (χ3v) is 3.46. The highest BCUT2D eigenvalue weighted by molar-refractivity contribution is 5.92. The average Bonchev–Trinajstić information content (AvgIpc) is 2.40. The summed E-state index contributed by atoms with van der Waals surface area (Å²) in [4.78, 5) is 11.1. The van der Waals surface area contributed by atoms with Crippen molar-refractivity contribution < 1.29 is 4.79 Å². The molecule has 0 unspecified atom stereocenters. The van der Waals surface area contributed by atoms with E-state index in [-0.39, 0.29) is 12.5 Å². The molecule has 17 heavy (non-hydrogen) atoms. The van der Waals surface area contributed by atoms with E-state index in [1.54, 1.807) is 0 Å². The first-order valence-electron chi connectivity index (χ1n) is 6.39. The molecule has 1 amide bonds. The third kappa shape index (κ3) is 3.30. The summed E-state index contributed by atoms with van der Waals surface area (Å²) in [6, 6.07) is 8.19. The smallest absolute Gasteiger partial charge is 0.238 e. The van der Waals surface area contributed by atoms with Gasteiger partial charge in [0.15, 0.2) is 0 Å². The van der Waals surface area contributed by atoms with Crippen LogP contribution in [0.25, 0.3) is 0 Å². The van der Waals surface area contributed by atoms with Crippen LogP contribution in [0.3, 0.4) is 0 Å². The summed E-state index contributed by atoms with van der Waals surface area (Å²) < 4.78 is 0. The summed E-state index contributed by atoms with van der Waals surface area (Å²) >= 11 is 0. The molecule has 1 fully saturated rings. The molecule has 0 aliphatic heterocycles. The average molecular weight is 232 g/mol. The second kappa shape index (κ2) is 5.82. The molecule has 0 aromatic heterocycles.